The standard InChI is InChI=1S/C19H27NO5/c1-13(2)20(12-14(3)19(22)25-6)18(21)10-8-15-7-9-16(23-4)17(11-15)24-5/h7-11,13-14H,12H2,1-6H3/b10-8+. The molecular formula is C19H27NO5. The van der Waals surface area contributed by atoms with Gasteiger partial charge in [0.1, 0.15) is 0 Å². The fourth-order valence-corrected chi connectivity index (χ4v) is 2.35. The number of amides is 1. The van der Waals surface area contributed by atoms with Gasteiger partial charge in [0.2, 0.25) is 5.91 Å². The average molecular weight is 349 g/mol. The van der Waals surface area contributed by atoms with Crippen molar-refractivity contribution in [1.82, 2.24) is 4.90 Å². The molecule has 0 aliphatic heterocycles. The van der Waals surface area contributed by atoms with E-state index >= 15 is 0 Å². The number of carbonyl (C=O) groups is 2. The van der Waals surface area contributed by atoms with E-state index in [1.807, 2.05) is 19.9 Å². The van der Waals surface area contributed by atoms with Gasteiger partial charge in [0.25, 0.3) is 0 Å². The molecule has 0 bridgehead atoms. The van der Waals surface area contributed by atoms with Crippen LogP contribution >= 0.6 is 0 Å². The first-order valence-corrected chi connectivity index (χ1v) is 8.12. The third-order valence-corrected chi connectivity index (χ3v) is 3.81. The number of carbonyl (C=O) groups excluding carboxylic acids is 2. The lowest BCUT2D eigenvalue weighted by molar-refractivity contribution is -0.146. The van der Waals surface area contributed by atoms with Crippen LogP contribution in [0.5, 0.6) is 11.5 Å². The fraction of sp³-hybridized carbons (Fsp3) is 0.474. The van der Waals surface area contributed by atoms with E-state index in [-0.39, 0.29) is 23.8 Å². The lowest BCUT2D eigenvalue weighted by Crippen LogP contribution is -2.40. The van der Waals surface area contributed by atoms with Crippen molar-refractivity contribution in [2.75, 3.05) is 27.9 Å². The van der Waals surface area contributed by atoms with Crippen molar-refractivity contribution < 1.29 is 23.8 Å². The van der Waals surface area contributed by atoms with Crippen molar-refractivity contribution in [2.45, 2.75) is 26.8 Å². The summed E-state index contributed by atoms with van der Waals surface area (Å²) in [4.78, 5) is 25.7. The zero-order valence-corrected chi connectivity index (χ0v) is 15.7. The predicted octanol–water partition coefficient (Wildman–Crippen LogP) is 2.76. The summed E-state index contributed by atoms with van der Waals surface area (Å²) < 4.78 is 15.2. The van der Waals surface area contributed by atoms with E-state index in [1.165, 1.54) is 13.2 Å². The lowest BCUT2D eigenvalue weighted by Gasteiger charge is -2.27. The fourth-order valence-electron chi connectivity index (χ4n) is 2.35. The molecule has 0 N–H and O–H groups in total. The Labute approximate surface area is 149 Å². The second kappa shape index (κ2) is 9.71. The van der Waals surface area contributed by atoms with Gasteiger partial charge in [-0.1, -0.05) is 13.0 Å². The third kappa shape index (κ3) is 5.81. The van der Waals surface area contributed by atoms with Gasteiger partial charge in [-0.2, -0.15) is 0 Å². The molecule has 0 fully saturated rings. The van der Waals surface area contributed by atoms with Crippen LogP contribution in [0.1, 0.15) is 26.3 Å². The maximum atomic E-state index is 12.5. The zero-order chi connectivity index (χ0) is 19.0. The highest BCUT2D eigenvalue weighted by Gasteiger charge is 2.22. The molecule has 1 unspecified atom stereocenters. The summed E-state index contributed by atoms with van der Waals surface area (Å²) in [6, 6.07) is 5.37. The smallest absolute Gasteiger partial charge is 0.310 e. The zero-order valence-electron chi connectivity index (χ0n) is 15.7. The molecule has 1 amide bonds. The molecule has 1 rings (SSSR count). The first-order valence-electron chi connectivity index (χ1n) is 8.12. The molecule has 6 nitrogen and oxygen atoms in total. The monoisotopic (exact) mass is 349 g/mol. The Morgan fingerprint density at radius 2 is 1.72 bits per heavy atom. The highest BCUT2D eigenvalue weighted by molar-refractivity contribution is 5.92. The number of hydrogen-bond donors (Lipinski definition) is 0. The van der Waals surface area contributed by atoms with Crippen LogP contribution in [0, 0.1) is 5.92 Å². The van der Waals surface area contributed by atoms with Crippen LogP contribution in [0.25, 0.3) is 6.08 Å². The van der Waals surface area contributed by atoms with Gasteiger partial charge >= 0.3 is 5.97 Å². The Hall–Kier alpha value is -2.50. The van der Waals surface area contributed by atoms with Crippen molar-refractivity contribution >= 4 is 18.0 Å². The molecule has 1 aromatic rings. The van der Waals surface area contributed by atoms with Crippen molar-refractivity contribution in [2.24, 2.45) is 5.92 Å². The van der Waals surface area contributed by atoms with Gasteiger partial charge in [-0.05, 0) is 37.6 Å². The molecule has 138 valence electrons. The van der Waals surface area contributed by atoms with Gasteiger partial charge < -0.3 is 19.1 Å². The van der Waals surface area contributed by atoms with Gasteiger partial charge in [-0.3, -0.25) is 9.59 Å². The third-order valence-electron chi connectivity index (χ3n) is 3.81. The molecule has 0 aliphatic rings. The van der Waals surface area contributed by atoms with Gasteiger partial charge in [0.05, 0.1) is 27.2 Å². The maximum Gasteiger partial charge on any atom is 0.310 e. The minimum Gasteiger partial charge on any atom is -0.493 e. The van der Waals surface area contributed by atoms with Crippen molar-refractivity contribution in [3.05, 3.63) is 29.8 Å². The number of esters is 1. The average Bonchev–Trinajstić information content (AvgIpc) is 2.62. The van der Waals surface area contributed by atoms with Gasteiger partial charge in [-0.15, -0.1) is 0 Å². The number of methoxy groups -OCH3 is 3. The van der Waals surface area contributed by atoms with Crippen LogP contribution in [0.15, 0.2) is 24.3 Å². The molecule has 0 saturated carbocycles. The molecule has 1 aromatic carbocycles. The topological polar surface area (TPSA) is 65.1 Å². The highest BCUT2D eigenvalue weighted by atomic mass is 16.5. The minimum absolute atomic E-state index is 0.0327. The maximum absolute atomic E-state index is 12.5. The Balaban J connectivity index is 2.89. The Kier molecular flexibility index (Phi) is 7.98. The second-order valence-corrected chi connectivity index (χ2v) is 5.96. The summed E-state index contributed by atoms with van der Waals surface area (Å²) in [5.74, 6) is 0.340. The molecule has 0 aromatic heterocycles. The molecular weight excluding hydrogens is 322 g/mol. The minimum atomic E-state index is -0.383. The normalized spacial score (nSPS) is 12.1. The van der Waals surface area contributed by atoms with E-state index in [4.69, 9.17) is 14.2 Å². The molecule has 1 atom stereocenters. The Bertz CT molecular complexity index is 624. The van der Waals surface area contributed by atoms with E-state index in [2.05, 4.69) is 0 Å². The van der Waals surface area contributed by atoms with Crippen molar-refractivity contribution in [3.8, 4) is 11.5 Å². The largest absolute Gasteiger partial charge is 0.493 e. The van der Waals surface area contributed by atoms with Crippen LogP contribution in [-0.4, -0.2) is 50.7 Å². The van der Waals surface area contributed by atoms with Crippen LogP contribution in [0.3, 0.4) is 0 Å². The molecule has 0 aliphatic carbocycles. The van der Waals surface area contributed by atoms with Crippen LogP contribution < -0.4 is 9.47 Å². The number of hydrogen-bond acceptors (Lipinski definition) is 5. The molecule has 6 heteroatoms. The molecule has 0 spiro atoms. The highest BCUT2D eigenvalue weighted by Crippen LogP contribution is 2.28. The van der Waals surface area contributed by atoms with Crippen molar-refractivity contribution in [1.29, 1.82) is 0 Å². The van der Waals surface area contributed by atoms with Gasteiger partial charge in [0.15, 0.2) is 11.5 Å². The number of nitrogens with zero attached hydrogens (tertiary/aromatic N) is 1. The summed E-state index contributed by atoms with van der Waals surface area (Å²) in [5.41, 5.74) is 0.815. The summed E-state index contributed by atoms with van der Waals surface area (Å²) in [5, 5.41) is 0. The summed E-state index contributed by atoms with van der Waals surface area (Å²) in [6.07, 6.45) is 3.20. The number of benzene rings is 1. The molecule has 0 heterocycles. The van der Waals surface area contributed by atoms with Crippen molar-refractivity contribution in [3.63, 3.8) is 0 Å². The van der Waals surface area contributed by atoms with E-state index in [0.717, 1.165) is 5.56 Å². The summed E-state index contributed by atoms with van der Waals surface area (Å²) in [7, 11) is 4.47. The van der Waals surface area contributed by atoms with E-state index in [9.17, 15) is 9.59 Å². The number of ether oxygens (including phenoxy) is 3. The Morgan fingerprint density at radius 1 is 1.08 bits per heavy atom. The molecule has 0 radical (unpaired) electrons. The van der Waals surface area contributed by atoms with Crippen LogP contribution in [-0.2, 0) is 14.3 Å². The predicted molar refractivity (Wildman–Crippen MR) is 96.6 cm³/mol. The van der Waals surface area contributed by atoms with Gasteiger partial charge in [0, 0.05) is 18.7 Å². The second-order valence-electron chi connectivity index (χ2n) is 5.96. The van der Waals surface area contributed by atoms with E-state index in [0.29, 0.717) is 18.0 Å². The van der Waals surface area contributed by atoms with Gasteiger partial charge in [-0.25, -0.2) is 0 Å². The summed E-state index contributed by atoms with van der Waals surface area (Å²) in [6.45, 7) is 5.87. The van der Waals surface area contributed by atoms with E-state index in [1.54, 1.807) is 44.3 Å². The number of rotatable bonds is 8. The first kappa shape index (κ1) is 20.5. The quantitative estimate of drug-likeness (QED) is 0.533. The lowest BCUT2D eigenvalue weighted by atomic mass is 10.1. The molecule has 0 saturated heterocycles. The Morgan fingerprint density at radius 3 is 2.24 bits per heavy atom. The first-order chi connectivity index (χ1) is 11.8. The van der Waals surface area contributed by atoms with Crippen LogP contribution in [0.4, 0.5) is 0 Å². The SMILES string of the molecule is COC(=O)C(C)CN(C(=O)/C=C/c1ccc(OC)c(OC)c1)C(C)C. The molecule has 25 heavy (non-hydrogen) atoms. The van der Waals surface area contributed by atoms with Crippen LogP contribution in [0.2, 0.25) is 0 Å². The van der Waals surface area contributed by atoms with E-state index < -0.39 is 0 Å². The summed E-state index contributed by atoms with van der Waals surface area (Å²) >= 11 is 0.